The number of hydrogen-bond donors (Lipinski definition) is 2. The van der Waals surface area contributed by atoms with Gasteiger partial charge in [-0.1, -0.05) is 66.2 Å². The lowest BCUT2D eigenvalue weighted by molar-refractivity contribution is 0.0942. The molecule has 1 saturated heterocycles. The van der Waals surface area contributed by atoms with Gasteiger partial charge in [0.15, 0.2) is 9.84 Å². The van der Waals surface area contributed by atoms with E-state index in [1.54, 1.807) is 6.07 Å². The molecule has 178 valence electrons. The van der Waals surface area contributed by atoms with Gasteiger partial charge in [-0.25, -0.2) is 21.6 Å². The Morgan fingerprint density at radius 2 is 1.62 bits per heavy atom. The topological polar surface area (TPSA) is 109 Å². The van der Waals surface area contributed by atoms with Crippen LogP contribution < -0.4 is 10.0 Å². The highest BCUT2D eigenvalue weighted by atomic mass is 32.2. The number of sulfone groups is 1. The average molecular weight is 499 g/mol. The number of aryl methyl sites for hydroxylation is 1. The summed E-state index contributed by atoms with van der Waals surface area (Å²) in [5, 5.41) is 3.01. The minimum atomic E-state index is -3.98. The van der Waals surface area contributed by atoms with E-state index in [0.29, 0.717) is 0 Å². The zero-order valence-corrected chi connectivity index (χ0v) is 20.3. The molecule has 1 aliphatic rings. The molecule has 7 nitrogen and oxygen atoms in total. The average Bonchev–Trinajstić information content (AvgIpc) is 3.16. The van der Waals surface area contributed by atoms with Gasteiger partial charge in [-0.2, -0.15) is 0 Å². The minimum absolute atomic E-state index is 0.0392. The summed E-state index contributed by atoms with van der Waals surface area (Å²) in [6.45, 7) is 1.99. The van der Waals surface area contributed by atoms with Crippen molar-refractivity contribution in [1.82, 2.24) is 10.0 Å². The molecule has 0 aromatic heterocycles. The standard InChI is InChI=1S/C25H26N2O5S2/c1-18-10-12-20(13-11-18)24(19-6-3-2-4-7-19)26-25(28)21-8-5-9-23(16-21)34(31,32)27-22-14-15-33(29,30)17-22/h2-13,16,22,24,27H,14-15,17H2,1H3,(H,26,28). The Morgan fingerprint density at radius 3 is 2.26 bits per heavy atom. The molecule has 4 rings (SSSR count). The normalized spacial score (nSPS) is 18.3. The van der Waals surface area contributed by atoms with Crippen LogP contribution in [-0.2, 0) is 19.9 Å². The molecule has 0 bridgehead atoms. The fraction of sp³-hybridized carbons (Fsp3) is 0.240. The van der Waals surface area contributed by atoms with Crippen molar-refractivity contribution in [1.29, 1.82) is 0 Å². The molecule has 0 saturated carbocycles. The SMILES string of the molecule is Cc1ccc(C(NC(=O)c2cccc(S(=O)(=O)NC3CCS(=O)(=O)C3)c2)c2ccccc2)cc1. The van der Waals surface area contributed by atoms with Gasteiger partial charge in [0.2, 0.25) is 10.0 Å². The van der Waals surface area contributed by atoms with E-state index in [4.69, 9.17) is 0 Å². The summed E-state index contributed by atoms with van der Waals surface area (Å²) in [5.41, 5.74) is 3.09. The molecule has 9 heteroatoms. The van der Waals surface area contributed by atoms with Gasteiger partial charge in [-0.05, 0) is 42.7 Å². The third-order valence-electron chi connectivity index (χ3n) is 5.78. The number of rotatable bonds is 7. The summed E-state index contributed by atoms with van der Waals surface area (Å²) in [7, 11) is -7.21. The predicted octanol–water partition coefficient (Wildman–Crippen LogP) is 2.98. The third-order valence-corrected chi connectivity index (χ3v) is 9.07. The number of amides is 1. The van der Waals surface area contributed by atoms with Crippen molar-refractivity contribution in [3.8, 4) is 0 Å². The molecule has 0 aliphatic carbocycles. The predicted molar refractivity (Wildman–Crippen MR) is 131 cm³/mol. The van der Waals surface area contributed by atoms with Crippen LogP contribution in [0.25, 0.3) is 0 Å². The van der Waals surface area contributed by atoms with Gasteiger partial charge in [-0.3, -0.25) is 4.79 Å². The second kappa shape index (κ2) is 9.69. The van der Waals surface area contributed by atoms with Gasteiger partial charge in [0.05, 0.1) is 22.4 Å². The smallest absolute Gasteiger partial charge is 0.252 e. The van der Waals surface area contributed by atoms with Crippen molar-refractivity contribution in [2.24, 2.45) is 0 Å². The lowest BCUT2D eigenvalue weighted by atomic mass is 9.97. The summed E-state index contributed by atoms with van der Waals surface area (Å²) in [6.07, 6.45) is 0.233. The molecule has 2 atom stereocenters. The summed E-state index contributed by atoms with van der Waals surface area (Å²) < 4.78 is 51.5. The van der Waals surface area contributed by atoms with Crippen molar-refractivity contribution in [2.75, 3.05) is 11.5 Å². The first-order chi connectivity index (χ1) is 16.1. The fourth-order valence-corrected chi connectivity index (χ4v) is 7.05. The highest BCUT2D eigenvalue weighted by molar-refractivity contribution is 7.92. The van der Waals surface area contributed by atoms with Crippen LogP contribution in [-0.4, -0.2) is 40.3 Å². The second-order valence-corrected chi connectivity index (χ2v) is 12.4. The van der Waals surface area contributed by atoms with Crippen molar-refractivity contribution in [2.45, 2.75) is 30.3 Å². The number of carbonyl (C=O) groups is 1. The molecule has 3 aromatic rings. The van der Waals surface area contributed by atoms with Crippen LogP contribution in [0.2, 0.25) is 0 Å². The molecular weight excluding hydrogens is 472 g/mol. The lowest BCUT2D eigenvalue weighted by Gasteiger charge is -2.20. The zero-order chi connectivity index (χ0) is 24.3. The van der Waals surface area contributed by atoms with Crippen LogP contribution in [0.3, 0.4) is 0 Å². The Morgan fingerprint density at radius 1 is 0.941 bits per heavy atom. The number of carbonyl (C=O) groups excluding carboxylic acids is 1. The van der Waals surface area contributed by atoms with Gasteiger partial charge >= 0.3 is 0 Å². The second-order valence-electron chi connectivity index (χ2n) is 8.48. The molecular formula is C25H26N2O5S2. The molecule has 2 unspecified atom stereocenters. The number of sulfonamides is 1. The van der Waals surface area contributed by atoms with Crippen LogP contribution in [0.15, 0.2) is 83.8 Å². The van der Waals surface area contributed by atoms with E-state index in [9.17, 15) is 21.6 Å². The van der Waals surface area contributed by atoms with Crippen LogP contribution in [0.5, 0.6) is 0 Å². The maximum absolute atomic E-state index is 13.2. The lowest BCUT2D eigenvalue weighted by Crippen LogP contribution is -2.35. The Hall–Kier alpha value is -3.01. The monoisotopic (exact) mass is 498 g/mol. The van der Waals surface area contributed by atoms with E-state index >= 15 is 0 Å². The quantitative estimate of drug-likeness (QED) is 0.521. The fourth-order valence-electron chi connectivity index (χ4n) is 3.96. The van der Waals surface area contributed by atoms with E-state index in [2.05, 4.69) is 10.0 Å². The maximum Gasteiger partial charge on any atom is 0.252 e. The summed E-state index contributed by atoms with van der Waals surface area (Å²) >= 11 is 0. The first-order valence-corrected chi connectivity index (χ1v) is 14.2. The number of nitrogens with one attached hydrogen (secondary N) is 2. The molecule has 1 amide bonds. The van der Waals surface area contributed by atoms with Crippen LogP contribution in [0, 0.1) is 6.92 Å². The summed E-state index contributed by atoms with van der Waals surface area (Å²) in [6, 6.07) is 22.0. The molecule has 1 fully saturated rings. The first kappa shape index (κ1) is 24.1. The number of benzene rings is 3. The van der Waals surface area contributed by atoms with Crippen LogP contribution in [0.1, 0.15) is 39.5 Å². The largest absolute Gasteiger partial charge is 0.341 e. The van der Waals surface area contributed by atoms with Gasteiger partial charge in [0, 0.05) is 11.6 Å². The van der Waals surface area contributed by atoms with E-state index in [1.165, 1.54) is 18.2 Å². The summed E-state index contributed by atoms with van der Waals surface area (Å²) in [4.78, 5) is 13.1. The Balaban J connectivity index is 1.57. The van der Waals surface area contributed by atoms with Gasteiger partial charge < -0.3 is 5.32 Å². The maximum atomic E-state index is 13.2. The van der Waals surface area contributed by atoms with Gasteiger partial charge in [0.25, 0.3) is 5.91 Å². The van der Waals surface area contributed by atoms with Crippen LogP contribution in [0.4, 0.5) is 0 Å². The molecule has 1 aliphatic heterocycles. The van der Waals surface area contributed by atoms with E-state index in [0.717, 1.165) is 16.7 Å². The molecule has 3 aromatic carbocycles. The minimum Gasteiger partial charge on any atom is -0.341 e. The Bertz CT molecular complexity index is 1390. The van der Waals surface area contributed by atoms with E-state index in [-0.39, 0.29) is 28.4 Å². The molecule has 34 heavy (non-hydrogen) atoms. The number of hydrogen-bond acceptors (Lipinski definition) is 5. The Kier molecular flexibility index (Phi) is 6.88. The summed E-state index contributed by atoms with van der Waals surface area (Å²) in [5.74, 6) is -0.681. The van der Waals surface area contributed by atoms with Crippen molar-refractivity contribution < 1.29 is 21.6 Å². The highest BCUT2D eigenvalue weighted by Gasteiger charge is 2.31. The molecule has 0 spiro atoms. The Labute approximate surface area is 200 Å². The molecule has 2 N–H and O–H groups in total. The van der Waals surface area contributed by atoms with Gasteiger partial charge in [0.1, 0.15) is 0 Å². The third kappa shape index (κ3) is 5.72. The van der Waals surface area contributed by atoms with Crippen molar-refractivity contribution in [3.05, 3.63) is 101 Å². The van der Waals surface area contributed by atoms with E-state index < -0.39 is 37.9 Å². The van der Waals surface area contributed by atoms with Crippen molar-refractivity contribution >= 4 is 25.8 Å². The van der Waals surface area contributed by atoms with Crippen molar-refractivity contribution in [3.63, 3.8) is 0 Å². The molecule has 1 heterocycles. The molecule has 0 radical (unpaired) electrons. The van der Waals surface area contributed by atoms with E-state index in [1.807, 2.05) is 61.5 Å². The zero-order valence-electron chi connectivity index (χ0n) is 18.6. The van der Waals surface area contributed by atoms with Crippen LogP contribution >= 0.6 is 0 Å². The first-order valence-electron chi connectivity index (χ1n) is 10.9. The highest BCUT2D eigenvalue weighted by Crippen LogP contribution is 2.24. The van der Waals surface area contributed by atoms with Gasteiger partial charge in [-0.15, -0.1) is 0 Å².